The molecular formula is C23H20F3N3O. The minimum atomic E-state index is -4.47. The van der Waals surface area contributed by atoms with Crippen molar-refractivity contribution in [3.8, 4) is 11.3 Å². The first kappa shape index (κ1) is 20.1. The molecule has 2 aromatic heterocycles. The lowest BCUT2D eigenvalue weighted by Crippen LogP contribution is -2.29. The van der Waals surface area contributed by atoms with Crippen LogP contribution in [0.25, 0.3) is 11.3 Å². The molecule has 1 atom stereocenters. The van der Waals surface area contributed by atoms with E-state index in [0.717, 1.165) is 41.1 Å². The van der Waals surface area contributed by atoms with E-state index in [4.69, 9.17) is 4.98 Å². The van der Waals surface area contributed by atoms with E-state index in [-0.39, 0.29) is 17.5 Å². The molecule has 0 bridgehead atoms. The van der Waals surface area contributed by atoms with Gasteiger partial charge in [0.05, 0.1) is 11.3 Å². The van der Waals surface area contributed by atoms with Crippen LogP contribution < -0.4 is 0 Å². The van der Waals surface area contributed by atoms with E-state index in [0.29, 0.717) is 19.3 Å². The number of rotatable bonds is 3. The molecule has 0 spiro atoms. The van der Waals surface area contributed by atoms with Crippen molar-refractivity contribution >= 4 is 5.91 Å². The second kappa shape index (κ2) is 7.89. The summed E-state index contributed by atoms with van der Waals surface area (Å²) in [7, 11) is 0. The fourth-order valence-corrected chi connectivity index (χ4v) is 3.82. The molecule has 1 aromatic carbocycles. The van der Waals surface area contributed by atoms with Crippen LogP contribution in [-0.4, -0.2) is 33.9 Å². The molecule has 1 fully saturated rings. The predicted molar refractivity (Wildman–Crippen MR) is 107 cm³/mol. The van der Waals surface area contributed by atoms with Gasteiger partial charge in [0.25, 0.3) is 5.91 Å². The molecule has 0 N–H and O–H groups in total. The second-order valence-corrected chi connectivity index (χ2v) is 7.40. The fourth-order valence-electron chi connectivity index (χ4n) is 3.82. The van der Waals surface area contributed by atoms with Crippen LogP contribution in [-0.2, 0) is 6.18 Å². The van der Waals surface area contributed by atoms with Crippen LogP contribution in [0.5, 0.6) is 0 Å². The highest BCUT2D eigenvalue weighted by Gasteiger charge is 2.33. The Morgan fingerprint density at radius 2 is 1.83 bits per heavy atom. The number of hydrogen-bond acceptors (Lipinski definition) is 3. The highest BCUT2D eigenvalue weighted by molar-refractivity contribution is 5.92. The molecule has 0 saturated carbocycles. The number of halogens is 3. The Balaban J connectivity index is 1.47. The minimum Gasteiger partial charge on any atom is -0.337 e. The lowest BCUT2D eigenvalue weighted by Gasteiger charge is -2.17. The first-order chi connectivity index (χ1) is 14.3. The number of aromatic nitrogens is 2. The molecule has 1 aliphatic heterocycles. The SMILES string of the molecule is Cc1nc(-c2ccccc2)ccc1C1CCN(C(=O)c2ccc(C(F)(F)F)cn2)C1. The predicted octanol–water partition coefficient (Wildman–Crippen LogP) is 5.10. The van der Waals surface area contributed by atoms with E-state index in [1.807, 2.05) is 43.3 Å². The second-order valence-electron chi connectivity index (χ2n) is 7.40. The number of amides is 1. The van der Waals surface area contributed by atoms with Crippen LogP contribution in [0.3, 0.4) is 0 Å². The third-order valence-electron chi connectivity index (χ3n) is 5.42. The average Bonchev–Trinajstić information content (AvgIpc) is 3.23. The van der Waals surface area contributed by atoms with E-state index in [2.05, 4.69) is 11.1 Å². The lowest BCUT2D eigenvalue weighted by atomic mass is 9.96. The maximum absolute atomic E-state index is 12.7. The van der Waals surface area contributed by atoms with E-state index in [9.17, 15) is 18.0 Å². The van der Waals surface area contributed by atoms with Gasteiger partial charge in [-0.2, -0.15) is 13.2 Å². The number of benzene rings is 1. The maximum Gasteiger partial charge on any atom is 0.417 e. The van der Waals surface area contributed by atoms with Crippen LogP contribution in [0.1, 0.15) is 39.6 Å². The number of nitrogens with zero attached hydrogens (tertiary/aromatic N) is 3. The Labute approximate surface area is 172 Å². The van der Waals surface area contributed by atoms with E-state index < -0.39 is 11.7 Å². The van der Waals surface area contributed by atoms with Crippen LogP contribution >= 0.6 is 0 Å². The Morgan fingerprint density at radius 1 is 1.07 bits per heavy atom. The van der Waals surface area contributed by atoms with Crippen LogP contribution in [0.4, 0.5) is 13.2 Å². The van der Waals surface area contributed by atoms with Crippen LogP contribution in [0, 0.1) is 6.92 Å². The van der Waals surface area contributed by atoms with Crippen LogP contribution in [0.2, 0.25) is 0 Å². The third kappa shape index (κ3) is 4.06. The Morgan fingerprint density at radius 3 is 2.47 bits per heavy atom. The van der Waals surface area contributed by atoms with E-state index >= 15 is 0 Å². The number of alkyl halides is 3. The molecule has 3 heterocycles. The number of likely N-dealkylation sites (tertiary alicyclic amines) is 1. The zero-order valence-electron chi connectivity index (χ0n) is 16.4. The van der Waals surface area contributed by atoms with Crippen molar-refractivity contribution in [1.29, 1.82) is 0 Å². The van der Waals surface area contributed by atoms with Gasteiger partial charge in [0.1, 0.15) is 5.69 Å². The standard InChI is InChI=1S/C23H20F3N3O/c1-15-19(8-10-20(28-15)16-5-3-2-4-6-16)17-11-12-29(14-17)22(30)21-9-7-18(13-27-21)23(24,25)26/h2-10,13,17H,11-12,14H2,1H3. The molecule has 0 radical (unpaired) electrons. The van der Waals surface area contributed by atoms with Gasteiger partial charge in [-0.3, -0.25) is 14.8 Å². The Bertz CT molecular complexity index is 1050. The lowest BCUT2D eigenvalue weighted by molar-refractivity contribution is -0.137. The van der Waals surface area contributed by atoms with Gasteiger partial charge < -0.3 is 4.90 Å². The molecule has 3 aromatic rings. The monoisotopic (exact) mass is 411 g/mol. The molecule has 154 valence electrons. The van der Waals surface area contributed by atoms with Gasteiger partial charge in [-0.15, -0.1) is 0 Å². The van der Waals surface area contributed by atoms with Gasteiger partial charge in [0.15, 0.2) is 0 Å². The quantitative estimate of drug-likeness (QED) is 0.602. The summed E-state index contributed by atoms with van der Waals surface area (Å²) in [5.41, 5.74) is 3.12. The van der Waals surface area contributed by atoms with Crippen molar-refractivity contribution in [3.63, 3.8) is 0 Å². The van der Waals surface area contributed by atoms with E-state index in [1.54, 1.807) is 4.90 Å². The number of carbonyl (C=O) groups is 1. The molecule has 1 amide bonds. The highest BCUT2D eigenvalue weighted by atomic mass is 19.4. The van der Waals surface area contributed by atoms with Gasteiger partial charge in [0.2, 0.25) is 0 Å². The largest absolute Gasteiger partial charge is 0.417 e. The summed E-state index contributed by atoms with van der Waals surface area (Å²) >= 11 is 0. The zero-order chi connectivity index (χ0) is 21.3. The smallest absolute Gasteiger partial charge is 0.337 e. The van der Waals surface area contributed by atoms with Gasteiger partial charge in [0, 0.05) is 36.5 Å². The van der Waals surface area contributed by atoms with Gasteiger partial charge in [-0.25, -0.2) is 0 Å². The highest BCUT2D eigenvalue weighted by Crippen LogP contribution is 2.32. The van der Waals surface area contributed by atoms with Crippen molar-refractivity contribution in [2.24, 2.45) is 0 Å². The Kier molecular flexibility index (Phi) is 5.28. The summed E-state index contributed by atoms with van der Waals surface area (Å²) in [6, 6.07) is 16.0. The molecule has 30 heavy (non-hydrogen) atoms. The molecule has 4 nitrogen and oxygen atoms in total. The first-order valence-corrected chi connectivity index (χ1v) is 9.68. The van der Waals surface area contributed by atoms with Crippen molar-refractivity contribution in [3.05, 3.63) is 83.3 Å². The number of pyridine rings is 2. The molecule has 1 aliphatic rings. The summed E-state index contributed by atoms with van der Waals surface area (Å²) in [5.74, 6) is -0.210. The summed E-state index contributed by atoms with van der Waals surface area (Å²) in [5, 5.41) is 0. The zero-order valence-corrected chi connectivity index (χ0v) is 16.4. The topological polar surface area (TPSA) is 46.1 Å². The van der Waals surface area contributed by atoms with Gasteiger partial charge >= 0.3 is 6.18 Å². The summed E-state index contributed by atoms with van der Waals surface area (Å²) in [4.78, 5) is 22.8. The summed E-state index contributed by atoms with van der Waals surface area (Å²) in [6.45, 7) is 2.99. The maximum atomic E-state index is 12.7. The summed E-state index contributed by atoms with van der Waals surface area (Å²) in [6.07, 6.45) is -2.99. The molecule has 7 heteroatoms. The number of carbonyl (C=O) groups excluding carboxylic acids is 1. The van der Waals surface area contributed by atoms with Gasteiger partial charge in [-0.1, -0.05) is 36.4 Å². The number of aryl methyl sites for hydroxylation is 1. The van der Waals surface area contributed by atoms with Crippen molar-refractivity contribution in [2.45, 2.75) is 25.4 Å². The van der Waals surface area contributed by atoms with Crippen molar-refractivity contribution < 1.29 is 18.0 Å². The third-order valence-corrected chi connectivity index (χ3v) is 5.42. The van der Waals surface area contributed by atoms with Gasteiger partial charge in [-0.05, 0) is 37.1 Å². The summed E-state index contributed by atoms with van der Waals surface area (Å²) < 4.78 is 38.1. The van der Waals surface area contributed by atoms with Crippen molar-refractivity contribution in [1.82, 2.24) is 14.9 Å². The molecule has 0 aliphatic carbocycles. The molecular weight excluding hydrogens is 391 g/mol. The molecule has 1 unspecified atom stereocenters. The fraction of sp³-hybridized carbons (Fsp3) is 0.261. The molecule has 4 rings (SSSR count). The van der Waals surface area contributed by atoms with E-state index in [1.165, 1.54) is 0 Å². The average molecular weight is 411 g/mol. The normalized spacial score (nSPS) is 16.7. The van der Waals surface area contributed by atoms with Crippen LogP contribution in [0.15, 0.2) is 60.8 Å². The molecule has 1 saturated heterocycles. The Hall–Kier alpha value is -3.22. The minimum absolute atomic E-state index is 0.0259. The van der Waals surface area contributed by atoms with Crippen molar-refractivity contribution in [2.75, 3.05) is 13.1 Å². The first-order valence-electron chi connectivity index (χ1n) is 9.68. The number of hydrogen-bond donors (Lipinski definition) is 0.